The first-order valence-electron chi connectivity index (χ1n) is 9.13. The Balaban J connectivity index is 1.64. The number of aromatic amines is 1. The number of aryl methyl sites for hydroxylation is 1. The standard InChI is InChI=1S/C21H18F3N3O3/c1-11-7-13(21(22,23)24)4-6-16(11)30-17-5-3-12(8-18(17)29-2)14-9-19(28)26-20-15(14)10-25-27-20/h3-8,10,14H,9H2,1-2H3,(H2,25,26,27,28). The van der Waals surface area contributed by atoms with Crippen molar-refractivity contribution in [2.24, 2.45) is 0 Å². The molecule has 4 rings (SSSR count). The van der Waals surface area contributed by atoms with Crippen LogP contribution in [-0.4, -0.2) is 23.2 Å². The number of carbonyl (C=O) groups is 1. The SMILES string of the molecule is COc1cc(C2CC(=O)Nc3n[nH]cc32)ccc1Oc1ccc(C(F)(F)F)cc1C. The van der Waals surface area contributed by atoms with Gasteiger partial charge in [0.25, 0.3) is 0 Å². The van der Waals surface area contributed by atoms with Crippen molar-refractivity contribution in [3.05, 3.63) is 64.8 Å². The van der Waals surface area contributed by atoms with E-state index in [0.717, 1.165) is 23.3 Å². The summed E-state index contributed by atoms with van der Waals surface area (Å²) in [7, 11) is 1.47. The van der Waals surface area contributed by atoms with E-state index >= 15 is 0 Å². The Kier molecular flexibility index (Phi) is 4.89. The second-order valence-corrected chi connectivity index (χ2v) is 6.98. The molecule has 1 aromatic heterocycles. The fourth-order valence-corrected chi connectivity index (χ4v) is 3.48. The molecule has 0 saturated heterocycles. The fourth-order valence-electron chi connectivity index (χ4n) is 3.48. The van der Waals surface area contributed by atoms with Crippen molar-refractivity contribution in [3.63, 3.8) is 0 Å². The minimum atomic E-state index is -4.42. The van der Waals surface area contributed by atoms with E-state index in [1.807, 2.05) is 0 Å². The van der Waals surface area contributed by atoms with Gasteiger partial charge < -0.3 is 14.8 Å². The van der Waals surface area contributed by atoms with Crippen molar-refractivity contribution in [1.29, 1.82) is 0 Å². The number of benzene rings is 2. The lowest BCUT2D eigenvalue weighted by atomic mass is 9.87. The summed E-state index contributed by atoms with van der Waals surface area (Å²) < 4.78 is 49.9. The number of nitrogens with one attached hydrogen (secondary N) is 2. The zero-order valence-electron chi connectivity index (χ0n) is 16.1. The van der Waals surface area contributed by atoms with Crippen LogP contribution >= 0.6 is 0 Å². The maximum absolute atomic E-state index is 12.9. The Morgan fingerprint density at radius 2 is 1.87 bits per heavy atom. The molecule has 2 N–H and O–H groups in total. The monoisotopic (exact) mass is 417 g/mol. The summed E-state index contributed by atoms with van der Waals surface area (Å²) in [5, 5.41) is 9.51. The van der Waals surface area contributed by atoms with E-state index in [0.29, 0.717) is 28.6 Å². The highest BCUT2D eigenvalue weighted by molar-refractivity contribution is 5.94. The average Bonchev–Trinajstić information content (AvgIpc) is 3.16. The Bertz CT molecular complexity index is 1110. The third-order valence-electron chi connectivity index (χ3n) is 5.00. The molecule has 30 heavy (non-hydrogen) atoms. The van der Waals surface area contributed by atoms with Gasteiger partial charge in [-0.1, -0.05) is 6.07 Å². The van der Waals surface area contributed by atoms with E-state index in [1.54, 1.807) is 31.3 Å². The molecule has 0 fully saturated rings. The quantitative estimate of drug-likeness (QED) is 0.626. The van der Waals surface area contributed by atoms with Crippen molar-refractivity contribution >= 4 is 11.7 Å². The van der Waals surface area contributed by atoms with Gasteiger partial charge in [-0.3, -0.25) is 9.89 Å². The van der Waals surface area contributed by atoms with Crippen LogP contribution in [0.4, 0.5) is 19.0 Å². The Morgan fingerprint density at radius 3 is 2.57 bits per heavy atom. The van der Waals surface area contributed by atoms with Gasteiger partial charge >= 0.3 is 6.18 Å². The fraction of sp³-hybridized carbons (Fsp3) is 0.238. The highest BCUT2D eigenvalue weighted by Crippen LogP contribution is 2.41. The summed E-state index contributed by atoms with van der Waals surface area (Å²) in [6, 6.07) is 8.54. The molecule has 1 amide bonds. The highest BCUT2D eigenvalue weighted by Gasteiger charge is 2.31. The van der Waals surface area contributed by atoms with Crippen LogP contribution in [0.1, 0.15) is 34.6 Å². The van der Waals surface area contributed by atoms with Crippen LogP contribution in [-0.2, 0) is 11.0 Å². The zero-order valence-corrected chi connectivity index (χ0v) is 16.1. The summed E-state index contributed by atoms with van der Waals surface area (Å²) in [5.74, 6) is 1.21. The minimum Gasteiger partial charge on any atom is -0.493 e. The number of ether oxygens (including phenoxy) is 2. The molecule has 1 atom stereocenters. The molecule has 1 aliphatic rings. The molecule has 6 nitrogen and oxygen atoms in total. The third-order valence-corrected chi connectivity index (χ3v) is 5.00. The number of nitrogens with zero attached hydrogens (tertiary/aromatic N) is 1. The van der Waals surface area contributed by atoms with E-state index in [9.17, 15) is 18.0 Å². The molecular formula is C21H18F3N3O3. The topological polar surface area (TPSA) is 76.2 Å². The van der Waals surface area contributed by atoms with Gasteiger partial charge in [-0.25, -0.2) is 0 Å². The number of fused-ring (bicyclic) bond motifs is 1. The number of hydrogen-bond donors (Lipinski definition) is 2. The van der Waals surface area contributed by atoms with Gasteiger partial charge in [0.15, 0.2) is 17.3 Å². The number of aromatic nitrogens is 2. The number of hydrogen-bond acceptors (Lipinski definition) is 4. The second-order valence-electron chi connectivity index (χ2n) is 6.98. The first-order chi connectivity index (χ1) is 14.3. The van der Waals surface area contributed by atoms with Crippen molar-refractivity contribution < 1.29 is 27.4 Å². The zero-order chi connectivity index (χ0) is 21.5. The van der Waals surface area contributed by atoms with Gasteiger partial charge in [0.1, 0.15) is 5.75 Å². The minimum absolute atomic E-state index is 0.140. The van der Waals surface area contributed by atoms with E-state index in [-0.39, 0.29) is 18.2 Å². The Hall–Kier alpha value is -3.49. The molecule has 2 aromatic carbocycles. The summed E-state index contributed by atoms with van der Waals surface area (Å²) in [4.78, 5) is 12.0. The summed E-state index contributed by atoms with van der Waals surface area (Å²) >= 11 is 0. The molecule has 0 bridgehead atoms. The number of rotatable bonds is 4. The van der Waals surface area contributed by atoms with Gasteiger partial charge in [0, 0.05) is 24.1 Å². The van der Waals surface area contributed by atoms with Gasteiger partial charge in [-0.2, -0.15) is 18.3 Å². The number of alkyl halides is 3. The predicted octanol–water partition coefficient (Wildman–Crippen LogP) is 5.01. The van der Waals surface area contributed by atoms with Gasteiger partial charge in [0.05, 0.1) is 12.7 Å². The van der Waals surface area contributed by atoms with Gasteiger partial charge in [0.2, 0.25) is 5.91 Å². The average molecular weight is 417 g/mol. The molecule has 156 valence electrons. The van der Waals surface area contributed by atoms with Crippen molar-refractivity contribution in [3.8, 4) is 17.2 Å². The summed E-state index contributed by atoms with van der Waals surface area (Å²) in [6.07, 6.45) is -2.42. The van der Waals surface area contributed by atoms with Gasteiger partial charge in [-0.15, -0.1) is 0 Å². The smallest absolute Gasteiger partial charge is 0.416 e. The maximum atomic E-state index is 12.9. The number of methoxy groups -OCH3 is 1. The molecule has 1 unspecified atom stereocenters. The van der Waals surface area contributed by atoms with E-state index in [1.165, 1.54) is 13.2 Å². The lowest BCUT2D eigenvalue weighted by molar-refractivity contribution is -0.137. The first-order valence-corrected chi connectivity index (χ1v) is 9.13. The van der Waals surface area contributed by atoms with Crippen molar-refractivity contribution in [2.45, 2.75) is 25.4 Å². The first kappa shape index (κ1) is 19.8. The van der Waals surface area contributed by atoms with E-state index in [4.69, 9.17) is 9.47 Å². The van der Waals surface area contributed by atoms with Crippen molar-refractivity contribution in [1.82, 2.24) is 10.2 Å². The number of anilines is 1. The maximum Gasteiger partial charge on any atom is 0.416 e. The van der Waals surface area contributed by atoms with E-state index < -0.39 is 11.7 Å². The van der Waals surface area contributed by atoms with Crippen molar-refractivity contribution in [2.75, 3.05) is 12.4 Å². The molecule has 2 heterocycles. The Labute approximate surface area is 170 Å². The molecule has 0 radical (unpaired) electrons. The van der Waals surface area contributed by atoms with Crippen LogP contribution in [0, 0.1) is 6.92 Å². The Morgan fingerprint density at radius 1 is 1.10 bits per heavy atom. The lowest BCUT2D eigenvalue weighted by Crippen LogP contribution is -2.22. The summed E-state index contributed by atoms with van der Waals surface area (Å²) in [5.41, 5.74) is 1.31. The molecular weight excluding hydrogens is 399 g/mol. The molecule has 3 aromatic rings. The second kappa shape index (κ2) is 7.40. The van der Waals surface area contributed by atoms with Crippen LogP contribution in [0.2, 0.25) is 0 Å². The number of halogens is 3. The van der Waals surface area contributed by atoms with Crippen LogP contribution in [0.3, 0.4) is 0 Å². The van der Waals surface area contributed by atoms with Crippen LogP contribution in [0.25, 0.3) is 0 Å². The molecule has 0 saturated carbocycles. The molecule has 9 heteroatoms. The highest BCUT2D eigenvalue weighted by atomic mass is 19.4. The van der Waals surface area contributed by atoms with Crippen LogP contribution < -0.4 is 14.8 Å². The van der Waals surface area contributed by atoms with Crippen LogP contribution in [0.15, 0.2) is 42.6 Å². The summed E-state index contributed by atoms with van der Waals surface area (Å²) in [6.45, 7) is 1.55. The molecule has 1 aliphatic heterocycles. The number of H-pyrrole nitrogens is 1. The predicted molar refractivity (Wildman–Crippen MR) is 103 cm³/mol. The third kappa shape index (κ3) is 3.70. The molecule has 0 aliphatic carbocycles. The number of amides is 1. The molecule has 0 spiro atoms. The van der Waals surface area contributed by atoms with E-state index in [2.05, 4.69) is 15.5 Å². The largest absolute Gasteiger partial charge is 0.493 e. The number of carbonyl (C=O) groups excluding carboxylic acids is 1. The van der Waals surface area contributed by atoms with Gasteiger partial charge in [-0.05, 0) is 48.4 Å². The normalized spacial score (nSPS) is 16.0. The lowest BCUT2D eigenvalue weighted by Gasteiger charge is -2.23. The van der Waals surface area contributed by atoms with Crippen LogP contribution in [0.5, 0.6) is 17.2 Å².